The van der Waals surface area contributed by atoms with Crippen molar-refractivity contribution >= 4 is 11.3 Å². The maximum atomic E-state index is 5.95. The van der Waals surface area contributed by atoms with Gasteiger partial charge in [0.25, 0.3) is 0 Å². The Bertz CT molecular complexity index is 323. The van der Waals surface area contributed by atoms with E-state index in [4.69, 9.17) is 5.73 Å². The predicted molar refractivity (Wildman–Crippen MR) is 80.1 cm³/mol. The van der Waals surface area contributed by atoms with Gasteiger partial charge in [-0.15, -0.1) is 11.3 Å². The molecule has 1 aliphatic carbocycles. The van der Waals surface area contributed by atoms with Crippen molar-refractivity contribution in [3.63, 3.8) is 0 Å². The molecular weight excluding hydrogens is 240 g/mol. The zero-order chi connectivity index (χ0) is 12.8. The lowest BCUT2D eigenvalue weighted by molar-refractivity contribution is 0.114. The van der Waals surface area contributed by atoms with Gasteiger partial charge in [0.1, 0.15) is 0 Å². The summed E-state index contributed by atoms with van der Waals surface area (Å²) in [5.74, 6) is 0.724. The summed E-state index contributed by atoms with van der Waals surface area (Å²) in [4.78, 5) is 4.17. The molecule has 1 fully saturated rings. The minimum Gasteiger partial charge on any atom is -0.330 e. The Morgan fingerprint density at radius 2 is 2.22 bits per heavy atom. The highest BCUT2D eigenvalue weighted by atomic mass is 32.1. The van der Waals surface area contributed by atoms with E-state index >= 15 is 0 Å². The van der Waals surface area contributed by atoms with Gasteiger partial charge in [-0.1, -0.05) is 25.8 Å². The molecular formula is C15H26N2S. The van der Waals surface area contributed by atoms with Gasteiger partial charge in [-0.2, -0.15) is 0 Å². The van der Waals surface area contributed by atoms with E-state index in [9.17, 15) is 0 Å². The summed E-state index contributed by atoms with van der Waals surface area (Å²) in [6.07, 6.45) is 6.63. The predicted octanol–water partition coefficient (Wildman–Crippen LogP) is 3.13. The summed E-state index contributed by atoms with van der Waals surface area (Å²) in [7, 11) is 0. The molecule has 0 aromatic carbocycles. The normalized spacial score (nSPS) is 24.6. The lowest BCUT2D eigenvalue weighted by Crippen LogP contribution is -2.45. The zero-order valence-corrected chi connectivity index (χ0v) is 12.3. The van der Waals surface area contributed by atoms with Crippen molar-refractivity contribution in [3.8, 4) is 0 Å². The fourth-order valence-corrected chi connectivity index (χ4v) is 3.91. The van der Waals surface area contributed by atoms with Crippen LogP contribution in [0.15, 0.2) is 17.5 Å². The van der Waals surface area contributed by atoms with E-state index in [0.717, 1.165) is 25.0 Å². The van der Waals surface area contributed by atoms with Crippen LogP contribution in [0, 0.1) is 5.92 Å². The third-order valence-corrected chi connectivity index (χ3v) is 5.21. The van der Waals surface area contributed by atoms with Crippen LogP contribution in [0.3, 0.4) is 0 Å². The number of thiophene rings is 1. The standard InChI is InChI=1S/C15H26N2S/c1-2-17(10-9-14-7-5-11-18-14)15-8-4-3-6-13(15)12-16/h5,7,11,13,15H,2-4,6,8-10,12,16H2,1H3. The van der Waals surface area contributed by atoms with E-state index in [0.29, 0.717) is 0 Å². The number of nitrogens with zero attached hydrogens (tertiary/aromatic N) is 1. The van der Waals surface area contributed by atoms with Crippen molar-refractivity contribution in [2.24, 2.45) is 11.7 Å². The Labute approximate surface area is 115 Å². The molecule has 2 nitrogen and oxygen atoms in total. The van der Waals surface area contributed by atoms with Crippen LogP contribution in [0.25, 0.3) is 0 Å². The van der Waals surface area contributed by atoms with E-state index in [1.54, 1.807) is 0 Å². The first-order chi connectivity index (χ1) is 8.85. The monoisotopic (exact) mass is 266 g/mol. The molecule has 0 radical (unpaired) electrons. The molecule has 18 heavy (non-hydrogen) atoms. The molecule has 0 spiro atoms. The molecule has 1 aromatic rings. The highest BCUT2D eigenvalue weighted by molar-refractivity contribution is 7.09. The van der Waals surface area contributed by atoms with E-state index in [2.05, 4.69) is 29.3 Å². The highest BCUT2D eigenvalue weighted by Crippen LogP contribution is 2.28. The molecule has 1 saturated carbocycles. The fourth-order valence-electron chi connectivity index (χ4n) is 3.21. The SMILES string of the molecule is CCN(CCc1cccs1)C1CCCCC1CN. The molecule has 2 rings (SSSR count). The van der Waals surface area contributed by atoms with Gasteiger partial charge in [-0.25, -0.2) is 0 Å². The highest BCUT2D eigenvalue weighted by Gasteiger charge is 2.28. The summed E-state index contributed by atoms with van der Waals surface area (Å²) in [6.45, 7) is 5.50. The molecule has 3 heteroatoms. The van der Waals surface area contributed by atoms with E-state index in [1.165, 1.54) is 43.5 Å². The summed E-state index contributed by atoms with van der Waals surface area (Å²) in [5.41, 5.74) is 5.95. The van der Waals surface area contributed by atoms with E-state index in [1.807, 2.05) is 11.3 Å². The van der Waals surface area contributed by atoms with Crippen molar-refractivity contribution in [1.82, 2.24) is 4.90 Å². The minimum absolute atomic E-state index is 0.724. The Morgan fingerprint density at radius 1 is 1.39 bits per heavy atom. The summed E-state index contributed by atoms with van der Waals surface area (Å²) in [5, 5.41) is 2.18. The van der Waals surface area contributed by atoms with Crippen LogP contribution in [0.4, 0.5) is 0 Å². The van der Waals surface area contributed by atoms with E-state index < -0.39 is 0 Å². The smallest absolute Gasteiger partial charge is 0.0136 e. The Kier molecular flexibility index (Phi) is 5.67. The molecule has 2 N–H and O–H groups in total. The number of likely N-dealkylation sites (N-methyl/N-ethyl adjacent to an activating group) is 1. The van der Waals surface area contributed by atoms with Crippen molar-refractivity contribution in [2.45, 2.75) is 45.1 Å². The first-order valence-corrected chi connectivity index (χ1v) is 8.19. The molecule has 0 bridgehead atoms. The first kappa shape index (κ1) is 14.0. The van der Waals surface area contributed by atoms with Crippen LogP contribution < -0.4 is 5.73 Å². The van der Waals surface area contributed by atoms with Gasteiger partial charge in [-0.05, 0) is 49.7 Å². The molecule has 2 atom stereocenters. The molecule has 0 aliphatic heterocycles. The average Bonchev–Trinajstić information content (AvgIpc) is 2.93. The molecule has 0 saturated heterocycles. The van der Waals surface area contributed by atoms with Gasteiger partial charge in [-0.3, -0.25) is 4.90 Å². The summed E-state index contributed by atoms with van der Waals surface area (Å²) in [6, 6.07) is 5.13. The Hall–Kier alpha value is -0.380. The second-order valence-electron chi connectivity index (χ2n) is 5.31. The third-order valence-electron chi connectivity index (χ3n) is 4.27. The van der Waals surface area contributed by atoms with Gasteiger partial charge in [0, 0.05) is 17.5 Å². The van der Waals surface area contributed by atoms with Gasteiger partial charge in [0.05, 0.1) is 0 Å². The van der Waals surface area contributed by atoms with Crippen molar-refractivity contribution < 1.29 is 0 Å². The largest absolute Gasteiger partial charge is 0.330 e. The first-order valence-electron chi connectivity index (χ1n) is 7.31. The molecule has 1 heterocycles. The summed E-state index contributed by atoms with van der Waals surface area (Å²) < 4.78 is 0. The van der Waals surface area contributed by atoms with Crippen LogP contribution in [0.5, 0.6) is 0 Å². The third kappa shape index (κ3) is 3.56. The van der Waals surface area contributed by atoms with Gasteiger partial charge < -0.3 is 5.73 Å². The molecule has 0 amide bonds. The summed E-state index contributed by atoms with van der Waals surface area (Å²) >= 11 is 1.88. The van der Waals surface area contributed by atoms with Crippen LogP contribution in [0.1, 0.15) is 37.5 Å². The van der Waals surface area contributed by atoms with Crippen molar-refractivity contribution in [1.29, 1.82) is 0 Å². The quantitative estimate of drug-likeness (QED) is 0.857. The van der Waals surface area contributed by atoms with E-state index in [-0.39, 0.29) is 0 Å². The maximum Gasteiger partial charge on any atom is 0.0136 e. The lowest BCUT2D eigenvalue weighted by Gasteiger charge is -2.39. The molecule has 102 valence electrons. The molecule has 2 unspecified atom stereocenters. The van der Waals surface area contributed by atoms with Gasteiger partial charge >= 0.3 is 0 Å². The second-order valence-corrected chi connectivity index (χ2v) is 6.34. The van der Waals surface area contributed by atoms with Crippen LogP contribution in [0.2, 0.25) is 0 Å². The number of rotatable bonds is 6. The average molecular weight is 266 g/mol. The molecule has 1 aromatic heterocycles. The van der Waals surface area contributed by atoms with Gasteiger partial charge in [0.2, 0.25) is 0 Å². The maximum absolute atomic E-state index is 5.95. The lowest BCUT2D eigenvalue weighted by atomic mass is 9.83. The second kappa shape index (κ2) is 7.27. The van der Waals surface area contributed by atoms with Crippen molar-refractivity contribution in [3.05, 3.63) is 22.4 Å². The number of nitrogens with two attached hydrogens (primary N) is 1. The van der Waals surface area contributed by atoms with Crippen LogP contribution >= 0.6 is 11.3 Å². The Balaban J connectivity index is 1.89. The zero-order valence-electron chi connectivity index (χ0n) is 11.5. The minimum atomic E-state index is 0.724. The fraction of sp³-hybridized carbons (Fsp3) is 0.733. The van der Waals surface area contributed by atoms with Gasteiger partial charge in [0.15, 0.2) is 0 Å². The van der Waals surface area contributed by atoms with Crippen molar-refractivity contribution in [2.75, 3.05) is 19.6 Å². The Morgan fingerprint density at radius 3 is 2.89 bits per heavy atom. The molecule has 1 aliphatic rings. The van der Waals surface area contributed by atoms with Crippen LogP contribution in [-0.4, -0.2) is 30.6 Å². The topological polar surface area (TPSA) is 29.3 Å². The van der Waals surface area contributed by atoms with Crippen LogP contribution in [-0.2, 0) is 6.42 Å². The number of hydrogen-bond donors (Lipinski definition) is 1. The number of hydrogen-bond acceptors (Lipinski definition) is 3.